The topological polar surface area (TPSA) is 63.2 Å². The predicted octanol–water partition coefficient (Wildman–Crippen LogP) is 2.76. The molecule has 0 aromatic heterocycles. The lowest BCUT2D eigenvalue weighted by molar-refractivity contribution is -0.220. The first kappa shape index (κ1) is 18.8. The van der Waals surface area contributed by atoms with Crippen LogP contribution in [-0.2, 0) is 28.5 Å². The second-order valence-corrected chi connectivity index (χ2v) is 5.18. The van der Waals surface area contributed by atoms with E-state index < -0.39 is 24.5 Å². The maximum Gasteiger partial charge on any atom is 0.303 e. The van der Waals surface area contributed by atoms with Crippen LogP contribution in [0.2, 0.25) is 0 Å². The first-order valence-electron chi connectivity index (χ1n) is 7.93. The van der Waals surface area contributed by atoms with Gasteiger partial charge in [0.1, 0.15) is 6.26 Å². The van der Waals surface area contributed by atoms with E-state index in [2.05, 4.69) is 13.8 Å². The molecule has 3 atom stereocenters. The van der Waals surface area contributed by atoms with Crippen molar-refractivity contribution in [2.45, 2.75) is 65.0 Å². The van der Waals surface area contributed by atoms with Gasteiger partial charge in [-0.05, 0) is 12.8 Å². The molecule has 0 spiro atoms. The summed E-state index contributed by atoms with van der Waals surface area (Å²) >= 11 is 0. The molecule has 6 heteroatoms. The van der Waals surface area contributed by atoms with Crippen LogP contribution in [0.3, 0.4) is 0 Å². The van der Waals surface area contributed by atoms with E-state index in [-0.39, 0.29) is 0 Å². The molecular weight excluding hydrogens is 288 g/mol. The first-order valence-corrected chi connectivity index (χ1v) is 7.93. The molecule has 0 fully saturated rings. The van der Waals surface area contributed by atoms with Gasteiger partial charge in [0.05, 0.1) is 6.61 Å². The highest BCUT2D eigenvalue weighted by Crippen LogP contribution is 2.26. The minimum absolute atomic E-state index is 0.408. The summed E-state index contributed by atoms with van der Waals surface area (Å²) in [6.07, 6.45) is 3.52. The second-order valence-electron chi connectivity index (χ2n) is 5.18. The largest absolute Gasteiger partial charge is 0.492 e. The summed E-state index contributed by atoms with van der Waals surface area (Å²) in [5.74, 6) is 0.138. The molecule has 0 saturated carbocycles. The zero-order valence-electron chi connectivity index (χ0n) is 14.0. The Morgan fingerprint density at radius 2 is 1.91 bits per heavy atom. The maximum atomic E-state index is 11.4. The van der Waals surface area contributed by atoms with E-state index in [1.165, 1.54) is 20.3 Å². The molecule has 0 amide bonds. The maximum absolute atomic E-state index is 11.4. The van der Waals surface area contributed by atoms with Gasteiger partial charge >= 0.3 is 5.97 Å². The third-order valence-corrected chi connectivity index (χ3v) is 3.26. The second kappa shape index (κ2) is 10.5. The Kier molecular flexibility index (Phi) is 8.92. The number of ether oxygens (including phenoxy) is 5. The number of esters is 1. The summed E-state index contributed by atoms with van der Waals surface area (Å²) in [6, 6.07) is 0. The molecule has 0 bridgehead atoms. The Labute approximate surface area is 132 Å². The van der Waals surface area contributed by atoms with Crippen LogP contribution in [0.15, 0.2) is 12.0 Å². The van der Waals surface area contributed by atoms with E-state index >= 15 is 0 Å². The van der Waals surface area contributed by atoms with Crippen molar-refractivity contribution in [1.29, 1.82) is 0 Å². The SMILES string of the molecule is CCCCOC1=CO[C@@H](OC)C(OC(C)=O)C1OCCCC. The fraction of sp³-hybridized carbons (Fsp3) is 0.812. The molecule has 0 aromatic rings. The lowest BCUT2D eigenvalue weighted by atomic mass is 10.1. The molecule has 0 saturated heterocycles. The third kappa shape index (κ3) is 5.85. The Morgan fingerprint density at radius 3 is 2.50 bits per heavy atom. The molecule has 0 N–H and O–H groups in total. The van der Waals surface area contributed by atoms with Crippen molar-refractivity contribution in [1.82, 2.24) is 0 Å². The average molecular weight is 316 g/mol. The normalized spacial score (nSPS) is 24.4. The molecule has 1 heterocycles. The number of carbonyl (C=O) groups is 1. The number of unbranched alkanes of at least 4 members (excludes halogenated alkanes) is 2. The molecule has 0 aliphatic carbocycles. The summed E-state index contributed by atoms with van der Waals surface area (Å²) in [6.45, 7) is 6.66. The summed E-state index contributed by atoms with van der Waals surface area (Å²) in [4.78, 5) is 11.4. The summed E-state index contributed by atoms with van der Waals surface area (Å²) < 4.78 is 27.6. The number of hydrogen-bond acceptors (Lipinski definition) is 6. The molecule has 6 nitrogen and oxygen atoms in total. The highest BCUT2D eigenvalue weighted by Gasteiger charge is 2.41. The number of methoxy groups -OCH3 is 1. The van der Waals surface area contributed by atoms with Crippen molar-refractivity contribution in [2.24, 2.45) is 0 Å². The summed E-state index contributed by atoms with van der Waals surface area (Å²) in [7, 11) is 1.50. The van der Waals surface area contributed by atoms with Crippen LogP contribution in [-0.4, -0.2) is 44.8 Å². The molecule has 2 unspecified atom stereocenters. The minimum Gasteiger partial charge on any atom is -0.492 e. The quantitative estimate of drug-likeness (QED) is 0.456. The highest BCUT2D eigenvalue weighted by atomic mass is 16.7. The van der Waals surface area contributed by atoms with E-state index in [9.17, 15) is 4.79 Å². The van der Waals surface area contributed by atoms with Gasteiger partial charge in [0.25, 0.3) is 0 Å². The Balaban J connectivity index is 2.81. The van der Waals surface area contributed by atoms with Gasteiger partial charge in [0.2, 0.25) is 6.29 Å². The van der Waals surface area contributed by atoms with Gasteiger partial charge in [-0.2, -0.15) is 0 Å². The standard InChI is InChI=1S/C16H28O6/c1-5-7-9-19-13-11-21-16(18-4)15(22-12(3)17)14(13)20-10-8-6-2/h11,14-16H,5-10H2,1-4H3/t14?,15?,16-/m1/s1. The van der Waals surface area contributed by atoms with Crippen LogP contribution >= 0.6 is 0 Å². The zero-order chi connectivity index (χ0) is 16.4. The summed E-state index contributed by atoms with van der Waals surface area (Å²) in [5.41, 5.74) is 0. The molecule has 0 aromatic carbocycles. The Bertz CT molecular complexity index is 355. The van der Waals surface area contributed by atoms with Crippen LogP contribution < -0.4 is 0 Å². The molecule has 1 rings (SSSR count). The first-order chi connectivity index (χ1) is 10.6. The van der Waals surface area contributed by atoms with Crippen LogP contribution in [0.4, 0.5) is 0 Å². The molecule has 1 aliphatic rings. The van der Waals surface area contributed by atoms with Gasteiger partial charge in [-0.25, -0.2) is 0 Å². The minimum atomic E-state index is -0.700. The van der Waals surface area contributed by atoms with E-state index in [0.717, 1.165) is 25.7 Å². The van der Waals surface area contributed by atoms with Gasteiger partial charge in [0.15, 0.2) is 18.0 Å². The van der Waals surface area contributed by atoms with Gasteiger partial charge in [-0.15, -0.1) is 0 Å². The van der Waals surface area contributed by atoms with Gasteiger partial charge < -0.3 is 23.7 Å². The van der Waals surface area contributed by atoms with E-state index in [4.69, 9.17) is 23.7 Å². The smallest absolute Gasteiger partial charge is 0.303 e. The fourth-order valence-electron chi connectivity index (χ4n) is 2.06. The number of hydrogen-bond donors (Lipinski definition) is 0. The van der Waals surface area contributed by atoms with Crippen LogP contribution in [0.25, 0.3) is 0 Å². The van der Waals surface area contributed by atoms with Crippen LogP contribution in [0.1, 0.15) is 46.5 Å². The van der Waals surface area contributed by atoms with Crippen molar-refractivity contribution in [2.75, 3.05) is 20.3 Å². The Morgan fingerprint density at radius 1 is 1.23 bits per heavy atom. The highest BCUT2D eigenvalue weighted by molar-refractivity contribution is 5.66. The van der Waals surface area contributed by atoms with Crippen molar-refractivity contribution in [3.63, 3.8) is 0 Å². The van der Waals surface area contributed by atoms with Crippen molar-refractivity contribution in [3.8, 4) is 0 Å². The van der Waals surface area contributed by atoms with Crippen LogP contribution in [0.5, 0.6) is 0 Å². The molecule has 0 radical (unpaired) electrons. The predicted molar refractivity (Wildman–Crippen MR) is 81.0 cm³/mol. The van der Waals surface area contributed by atoms with E-state index in [1.54, 1.807) is 0 Å². The molecule has 1 aliphatic heterocycles. The number of rotatable bonds is 10. The van der Waals surface area contributed by atoms with Crippen molar-refractivity contribution < 1.29 is 28.5 Å². The Hall–Kier alpha value is -1.27. The lowest BCUT2D eigenvalue weighted by Gasteiger charge is -2.35. The van der Waals surface area contributed by atoms with Crippen LogP contribution in [0, 0.1) is 0 Å². The number of carbonyl (C=O) groups excluding carboxylic acids is 1. The van der Waals surface area contributed by atoms with Crippen molar-refractivity contribution >= 4 is 5.97 Å². The van der Waals surface area contributed by atoms with Gasteiger partial charge in [0, 0.05) is 20.6 Å². The van der Waals surface area contributed by atoms with Gasteiger partial charge in [-0.3, -0.25) is 4.79 Å². The van der Waals surface area contributed by atoms with E-state index in [1.807, 2.05) is 0 Å². The zero-order valence-corrected chi connectivity index (χ0v) is 14.0. The third-order valence-electron chi connectivity index (χ3n) is 3.26. The monoisotopic (exact) mass is 316 g/mol. The van der Waals surface area contributed by atoms with Crippen molar-refractivity contribution in [3.05, 3.63) is 12.0 Å². The lowest BCUT2D eigenvalue weighted by Crippen LogP contribution is -2.48. The van der Waals surface area contributed by atoms with Gasteiger partial charge in [-0.1, -0.05) is 26.7 Å². The average Bonchev–Trinajstić information content (AvgIpc) is 2.49. The summed E-state index contributed by atoms with van der Waals surface area (Å²) in [5, 5.41) is 0. The fourth-order valence-corrected chi connectivity index (χ4v) is 2.06. The molecule has 128 valence electrons. The molecule has 22 heavy (non-hydrogen) atoms. The molecular formula is C16H28O6. The van der Waals surface area contributed by atoms with E-state index in [0.29, 0.717) is 19.0 Å².